The Morgan fingerprint density at radius 1 is 1.40 bits per heavy atom. The minimum absolute atomic E-state index is 0.0669. The standard InChI is InChI=1S/C15H12ClN5O4/c16-8-6-9-11(14(23)21(9)12(8)15(24)25)18-13(22)10(19-20-17)7-4-2-1-3-5-7/h1-5,9-11H,6H2,(H,18,22)(H,24,25). The Kier molecular flexibility index (Phi) is 4.35. The first-order valence-corrected chi connectivity index (χ1v) is 7.68. The Labute approximate surface area is 146 Å². The molecule has 0 bridgehead atoms. The van der Waals surface area contributed by atoms with Crippen LogP contribution in [0.1, 0.15) is 18.0 Å². The predicted octanol–water partition coefficient (Wildman–Crippen LogP) is 1.67. The number of rotatable bonds is 5. The van der Waals surface area contributed by atoms with Crippen LogP contribution in [-0.4, -0.2) is 39.9 Å². The van der Waals surface area contributed by atoms with Crippen molar-refractivity contribution < 1.29 is 19.5 Å². The van der Waals surface area contributed by atoms with Gasteiger partial charge in [0.1, 0.15) is 17.8 Å². The second kappa shape index (κ2) is 6.46. The van der Waals surface area contributed by atoms with Crippen molar-refractivity contribution >= 4 is 29.4 Å². The number of β-lactam (4-membered cyclic amide) rings is 1. The van der Waals surface area contributed by atoms with Crippen molar-refractivity contribution in [2.45, 2.75) is 24.5 Å². The van der Waals surface area contributed by atoms with E-state index in [0.717, 1.165) is 4.90 Å². The number of carbonyl (C=O) groups is 3. The van der Waals surface area contributed by atoms with Crippen molar-refractivity contribution in [3.05, 3.63) is 57.1 Å². The fraction of sp³-hybridized carbons (Fsp3) is 0.267. The molecule has 10 heteroatoms. The fourth-order valence-corrected chi connectivity index (χ4v) is 3.34. The Bertz CT molecular complexity index is 834. The van der Waals surface area contributed by atoms with Gasteiger partial charge in [-0.1, -0.05) is 47.0 Å². The molecule has 2 aliphatic rings. The molecule has 0 saturated carbocycles. The van der Waals surface area contributed by atoms with Crippen LogP contribution in [-0.2, 0) is 14.4 Å². The van der Waals surface area contributed by atoms with Gasteiger partial charge in [-0.05, 0) is 11.1 Å². The van der Waals surface area contributed by atoms with Gasteiger partial charge < -0.3 is 10.4 Å². The molecule has 2 aliphatic heterocycles. The third-order valence-corrected chi connectivity index (χ3v) is 4.47. The number of amides is 2. The maximum Gasteiger partial charge on any atom is 0.353 e. The van der Waals surface area contributed by atoms with E-state index < -0.39 is 35.9 Å². The van der Waals surface area contributed by atoms with Gasteiger partial charge in [0.25, 0.3) is 5.91 Å². The number of carboxylic acids is 1. The average Bonchev–Trinajstić information content (AvgIpc) is 2.91. The number of benzene rings is 1. The molecule has 25 heavy (non-hydrogen) atoms. The second-order valence-electron chi connectivity index (χ2n) is 5.54. The average molecular weight is 362 g/mol. The van der Waals surface area contributed by atoms with Crippen molar-refractivity contribution in [1.29, 1.82) is 0 Å². The topological polar surface area (TPSA) is 135 Å². The summed E-state index contributed by atoms with van der Waals surface area (Å²) < 4.78 is 0. The lowest BCUT2D eigenvalue weighted by Crippen LogP contribution is -2.69. The van der Waals surface area contributed by atoms with Gasteiger partial charge in [0.05, 0.1) is 11.1 Å². The van der Waals surface area contributed by atoms with Crippen LogP contribution in [0.4, 0.5) is 0 Å². The van der Waals surface area contributed by atoms with Gasteiger partial charge in [0.15, 0.2) is 0 Å². The van der Waals surface area contributed by atoms with E-state index >= 15 is 0 Å². The number of hydrogen-bond acceptors (Lipinski definition) is 4. The lowest BCUT2D eigenvalue weighted by atomic mass is 9.94. The Morgan fingerprint density at radius 2 is 2.08 bits per heavy atom. The van der Waals surface area contributed by atoms with E-state index in [1.807, 2.05) is 0 Å². The largest absolute Gasteiger partial charge is 0.477 e. The summed E-state index contributed by atoms with van der Waals surface area (Å²) in [6.07, 6.45) is 0.150. The number of carboxylic acid groups (broad SMARTS) is 1. The number of hydrogen-bond donors (Lipinski definition) is 2. The van der Waals surface area contributed by atoms with E-state index in [1.165, 1.54) is 0 Å². The zero-order valence-corrected chi connectivity index (χ0v) is 13.4. The van der Waals surface area contributed by atoms with Crippen LogP contribution in [0, 0.1) is 0 Å². The van der Waals surface area contributed by atoms with Gasteiger partial charge in [0.2, 0.25) is 5.91 Å². The summed E-state index contributed by atoms with van der Waals surface area (Å²) in [6.45, 7) is 0. The number of nitrogens with zero attached hydrogens (tertiary/aromatic N) is 4. The molecule has 1 saturated heterocycles. The third-order valence-electron chi connectivity index (χ3n) is 4.14. The molecule has 3 atom stereocenters. The highest BCUT2D eigenvalue weighted by molar-refractivity contribution is 6.32. The summed E-state index contributed by atoms with van der Waals surface area (Å²) in [7, 11) is 0. The van der Waals surface area contributed by atoms with Crippen LogP contribution in [0.5, 0.6) is 0 Å². The maximum atomic E-state index is 12.5. The first-order chi connectivity index (χ1) is 12.0. The molecule has 1 aromatic carbocycles. The summed E-state index contributed by atoms with van der Waals surface area (Å²) in [5, 5.41) is 15.2. The Hall–Kier alpha value is -3.03. The van der Waals surface area contributed by atoms with Gasteiger partial charge in [-0.15, -0.1) is 0 Å². The molecule has 2 amide bonds. The van der Waals surface area contributed by atoms with Crippen LogP contribution >= 0.6 is 11.6 Å². The molecule has 3 unspecified atom stereocenters. The van der Waals surface area contributed by atoms with Crippen molar-refractivity contribution in [1.82, 2.24) is 10.2 Å². The van der Waals surface area contributed by atoms with Crippen LogP contribution < -0.4 is 5.32 Å². The first-order valence-electron chi connectivity index (χ1n) is 7.30. The number of aliphatic carboxylic acids is 1. The molecule has 3 rings (SSSR count). The van der Waals surface area contributed by atoms with Gasteiger partial charge in [-0.2, -0.15) is 0 Å². The molecule has 9 nitrogen and oxygen atoms in total. The highest BCUT2D eigenvalue weighted by Crippen LogP contribution is 2.40. The fourth-order valence-electron chi connectivity index (χ4n) is 3.01. The highest BCUT2D eigenvalue weighted by atomic mass is 35.5. The van der Waals surface area contributed by atoms with Gasteiger partial charge in [-0.25, -0.2) is 4.79 Å². The SMILES string of the molecule is [N-]=[N+]=NC(C(=O)NC1C(=O)N2C(C(=O)O)=C(Cl)CC12)c1ccccc1. The van der Waals surface area contributed by atoms with Crippen molar-refractivity contribution in [2.75, 3.05) is 0 Å². The molecular formula is C15H12ClN5O4. The maximum absolute atomic E-state index is 12.5. The zero-order chi connectivity index (χ0) is 18.1. The quantitative estimate of drug-likeness (QED) is 0.357. The van der Waals surface area contributed by atoms with Crippen LogP contribution in [0.25, 0.3) is 10.4 Å². The highest BCUT2D eigenvalue weighted by Gasteiger charge is 2.55. The normalized spacial score (nSPS) is 22.6. The molecule has 1 aromatic rings. The minimum atomic E-state index is -1.29. The molecular weight excluding hydrogens is 350 g/mol. The van der Waals surface area contributed by atoms with E-state index in [1.54, 1.807) is 30.3 Å². The Balaban J connectivity index is 1.75. The predicted molar refractivity (Wildman–Crippen MR) is 86.0 cm³/mol. The summed E-state index contributed by atoms with van der Waals surface area (Å²) in [5.41, 5.74) is 8.93. The van der Waals surface area contributed by atoms with Crippen molar-refractivity contribution in [3.8, 4) is 0 Å². The summed E-state index contributed by atoms with van der Waals surface area (Å²) in [4.78, 5) is 39.6. The summed E-state index contributed by atoms with van der Waals surface area (Å²) in [5.74, 6) is -2.48. The molecule has 1 fully saturated rings. The summed E-state index contributed by atoms with van der Waals surface area (Å²) in [6, 6.07) is 5.82. The van der Waals surface area contributed by atoms with Crippen molar-refractivity contribution in [3.63, 3.8) is 0 Å². The smallest absolute Gasteiger partial charge is 0.353 e. The van der Waals surface area contributed by atoms with Crippen LogP contribution in [0.3, 0.4) is 0 Å². The molecule has 0 spiro atoms. The van der Waals surface area contributed by atoms with E-state index in [-0.39, 0.29) is 17.2 Å². The number of fused-ring (bicyclic) bond motifs is 1. The summed E-state index contributed by atoms with van der Waals surface area (Å²) >= 11 is 5.90. The third kappa shape index (κ3) is 2.79. The molecule has 2 heterocycles. The number of halogens is 1. The number of azide groups is 1. The Morgan fingerprint density at radius 3 is 2.68 bits per heavy atom. The first kappa shape index (κ1) is 16.8. The molecule has 128 valence electrons. The molecule has 0 aliphatic carbocycles. The van der Waals surface area contributed by atoms with Gasteiger partial charge >= 0.3 is 5.97 Å². The van der Waals surface area contributed by atoms with E-state index in [9.17, 15) is 14.4 Å². The van der Waals surface area contributed by atoms with E-state index in [0.29, 0.717) is 5.56 Å². The minimum Gasteiger partial charge on any atom is -0.477 e. The molecule has 0 aromatic heterocycles. The molecule has 0 radical (unpaired) electrons. The lowest BCUT2D eigenvalue weighted by Gasteiger charge is -2.43. The van der Waals surface area contributed by atoms with Gasteiger partial charge in [-0.3, -0.25) is 14.5 Å². The number of carbonyl (C=O) groups excluding carboxylic acids is 2. The van der Waals surface area contributed by atoms with E-state index in [4.69, 9.17) is 22.2 Å². The van der Waals surface area contributed by atoms with Crippen molar-refractivity contribution in [2.24, 2.45) is 5.11 Å². The van der Waals surface area contributed by atoms with Crippen LogP contribution in [0.2, 0.25) is 0 Å². The monoisotopic (exact) mass is 361 g/mol. The zero-order valence-electron chi connectivity index (χ0n) is 12.7. The van der Waals surface area contributed by atoms with E-state index in [2.05, 4.69) is 15.3 Å². The lowest BCUT2D eigenvalue weighted by molar-refractivity contribution is -0.153. The van der Waals surface area contributed by atoms with Crippen LogP contribution in [0.15, 0.2) is 46.2 Å². The van der Waals surface area contributed by atoms with Gasteiger partial charge in [0, 0.05) is 11.3 Å². The molecule has 2 N–H and O–H groups in total. The second-order valence-corrected chi connectivity index (χ2v) is 6.00. The number of nitrogens with one attached hydrogen (secondary N) is 1.